The van der Waals surface area contributed by atoms with Crippen LogP contribution in [-0.2, 0) is 4.79 Å². The van der Waals surface area contributed by atoms with Crippen molar-refractivity contribution in [2.75, 3.05) is 26.4 Å². The molecule has 0 saturated carbocycles. The third-order valence-electron chi connectivity index (χ3n) is 5.93. The van der Waals surface area contributed by atoms with E-state index in [1.54, 1.807) is 23.1 Å². The lowest BCUT2D eigenvalue weighted by atomic mass is 9.91. The highest BCUT2D eigenvalue weighted by molar-refractivity contribution is 5.98. The van der Waals surface area contributed by atoms with Gasteiger partial charge < -0.3 is 25.0 Å². The summed E-state index contributed by atoms with van der Waals surface area (Å²) in [7, 11) is 0. The minimum Gasteiger partial charge on any atom is -0.454 e. The Labute approximate surface area is 171 Å². The minimum atomic E-state index is -0.380. The molecule has 1 aromatic carbocycles. The Morgan fingerprint density at radius 1 is 1.14 bits per heavy atom. The molecule has 7 nitrogen and oxygen atoms in total. The highest BCUT2D eigenvalue weighted by atomic mass is 35.5. The third-order valence-corrected chi connectivity index (χ3v) is 5.93. The van der Waals surface area contributed by atoms with E-state index in [0.29, 0.717) is 42.5 Å². The molecule has 2 fully saturated rings. The molecule has 3 aliphatic rings. The first-order valence-electron chi connectivity index (χ1n) is 9.79. The van der Waals surface area contributed by atoms with Crippen LogP contribution in [0.1, 0.15) is 43.0 Å². The van der Waals surface area contributed by atoms with Gasteiger partial charge in [-0.3, -0.25) is 9.59 Å². The van der Waals surface area contributed by atoms with E-state index in [1.165, 1.54) is 0 Å². The number of likely N-dealkylation sites (tertiary alicyclic amines) is 2. The van der Waals surface area contributed by atoms with Gasteiger partial charge in [-0.25, -0.2) is 0 Å². The van der Waals surface area contributed by atoms with E-state index in [1.807, 2.05) is 11.8 Å². The number of hydrogen-bond donors (Lipinski definition) is 1. The molecule has 0 aromatic heterocycles. The zero-order valence-corrected chi connectivity index (χ0v) is 17.0. The van der Waals surface area contributed by atoms with Crippen molar-refractivity contribution in [1.29, 1.82) is 0 Å². The number of nitrogens with two attached hydrogens (primary N) is 1. The molecule has 8 heteroatoms. The molecule has 2 N–H and O–H groups in total. The first-order chi connectivity index (χ1) is 13.0. The lowest BCUT2D eigenvalue weighted by Gasteiger charge is -2.37. The van der Waals surface area contributed by atoms with Crippen LogP contribution in [0.25, 0.3) is 0 Å². The molecule has 154 valence electrons. The average Bonchev–Trinajstić information content (AvgIpc) is 3.35. The van der Waals surface area contributed by atoms with Gasteiger partial charge in [0.1, 0.15) is 6.04 Å². The summed E-state index contributed by atoms with van der Waals surface area (Å²) in [6.07, 6.45) is 3.60. The first-order valence-corrected chi connectivity index (χ1v) is 9.79. The highest BCUT2D eigenvalue weighted by Crippen LogP contribution is 2.34. The molecule has 1 aromatic rings. The number of carbonyl (C=O) groups excluding carboxylic acids is 2. The van der Waals surface area contributed by atoms with Gasteiger partial charge in [0.25, 0.3) is 5.91 Å². The van der Waals surface area contributed by atoms with Crippen LogP contribution in [0.2, 0.25) is 0 Å². The van der Waals surface area contributed by atoms with Crippen LogP contribution in [0.5, 0.6) is 11.5 Å². The lowest BCUT2D eigenvalue weighted by Crippen LogP contribution is -2.52. The summed E-state index contributed by atoms with van der Waals surface area (Å²) < 4.78 is 10.7. The molecule has 0 radical (unpaired) electrons. The molecule has 3 unspecified atom stereocenters. The molecule has 4 rings (SSSR count). The zero-order valence-electron chi connectivity index (χ0n) is 16.1. The quantitative estimate of drug-likeness (QED) is 0.825. The van der Waals surface area contributed by atoms with Gasteiger partial charge in [0.2, 0.25) is 12.7 Å². The number of hydrogen-bond acceptors (Lipinski definition) is 5. The summed E-state index contributed by atoms with van der Waals surface area (Å²) in [4.78, 5) is 29.8. The number of carbonyl (C=O) groups is 2. The third kappa shape index (κ3) is 3.91. The van der Waals surface area contributed by atoms with Gasteiger partial charge in [-0.05, 0) is 56.7 Å². The topological polar surface area (TPSA) is 85.1 Å². The van der Waals surface area contributed by atoms with E-state index in [-0.39, 0.29) is 43.1 Å². The van der Waals surface area contributed by atoms with Gasteiger partial charge >= 0.3 is 0 Å². The standard InChI is InChI=1S/C20H27N3O4.ClH/c1-13(21)15-4-2-8-22(11-15)20(25)16-5-3-9-23(16)19(24)14-6-7-17-18(10-14)27-12-26-17;/h6-7,10,13,15-16H,2-5,8-9,11-12,21H2,1H3;1H. The maximum atomic E-state index is 13.1. The first kappa shape index (κ1) is 20.7. The van der Waals surface area contributed by atoms with Crippen molar-refractivity contribution in [1.82, 2.24) is 9.80 Å². The van der Waals surface area contributed by atoms with Crippen molar-refractivity contribution in [3.05, 3.63) is 23.8 Å². The molecule has 0 spiro atoms. The summed E-state index contributed by atoms with van der Waals surface area (Å²) in [6.45, 7) is 4.23. The van der Waals surface area contributed by atoms with Crippen molar-refractivity contribution < 1.29 is 19.1 Å². The van der Waals surface area contributed by atoms with Gasteiger partial charge in [0.05, 0.1) is 0 Å². The SMILES string of the molecule is CC(N)C1CCCN(C(=O)C2CCCN2C(=O)c2ccc3c(c2)OCO3)C1.Cl. The molecule has 28 heavy (non-hydrogen) atoms. The number of fused-ring (bicyclic) bond motifs is 1. The fourth-order valence-corrected chi connectivity index (χ4v) is 4.31. The van der Waals surface area contributed by atoms with Crippen molar-refractivity contribution >= 4 is 24.2 Å². The van der Waals surface area contributed by atoms with Crippen LogP contribution in [0.3, 0.4) is 0 Å². The largest absolute Gasteiger partial charge is 0.454 e. The van der Waals surface area contributed by atoms with E-state index in [4.69, 9.17) is 15.2 Å². The Morgan fingerprint density at radius 3 is 2.68 bits per heavy atom. The summed E-state index contributed by atoms with van der Waals surface area (Å²) in [6, 6.07) is 4.89. The minimum absolute atomic E-state index is 0. The van der Waals surface area contributed by atoms with Crippen LogP contribution in [-0.4, -0.2) is 60.1 Å². The molecular weight excluding hydrogens is 382 g/mol. The number of rotatable bonds is 3. The molecule has 0 aliphatic carbocycles. The summed E-state index contributed by atoms with van der Waals surface area (Å²) in [5.74, 6) is 1.51. The van der Waals surface area contributed by atoms with Crippen LogP contribution < -0.4 is 15.2 Å². The normalized spacial score (nSPS) is 24.6. The van der Waals surface area contributed by atoms with Crippen molar-refractivity contribution in [2.24, 2.45) is 11.7 Å². The Hall–Kier alpha value is -1.99. The van der Waals surface area contributed by atoms with E-state index in [9.17, 15) is 9.59 Å². The maximum absolute atomic E-state index is 13.1. The van der Waals surface area contributed by atoms with Crippen LogP contribution in [0.4, 0.5) is 0 Å². The Kier molecular flexibility index (Phi) is 6.35. The summed E-state index contributed by atoms with van der Waals surface area (Å²) in [5.41, 5.74) is 6.59. The number of benzene rings is 1. The second-order valence-electron chi connectivity index (χ2n) is 7.77. The fourth-order valence-electron chi connectivity index (χ4n) is 4.31. The van der Waals surface area contributed by atoms with Gasteiger partial charge in [0, 0.05) is 31.2 Å². The second-order valence-corrected chi connectivity index (χ2v) is 7.77. The van der Waals surface area contributed by atoms with E-state index < -0.39 is 0 Å². The average molecular weight is 410 g/mol. The Morgan fingerprint density at radius 2 is 1.89 bits per heavy atom. The molecule has 0 bridgehead atoms. The molecule has 2 saturated heterocycles. The zero-order chi connectivity index (χ0) is 19.0. The predicted molar refractivity (Wildman–Crippen MR) is 107 cm³/mol. The van der Waals surface area contributed by atoms with Crippen LogP contribution >= 0.6 is 12.4 Å². The smallest absolute Gasteiger partial charge is 0.254 e. The van der Waals surface area contributed by atoms with Gasteiger partial charge in [0.15, 0.2) is 11.5 Å². The van der Waals surface area contributed by atoms with Gasteiger partial charge in [-0.2, -0.15) is 0 Å². The number of nitrogens with zero attached hydrogens (tertiary/aromatic N) is 2. The Balaban J connectivity index is 0.00000225. The predicted octanol–water partition coefficient (Wildman–Crippen LogP) is 2.03. The van der Waals surface area contributed by atoms with E-state index in [0.717, 1.165) is 25.8 Å². The number of halogens is 1. The maximum Gasteiger partial charge on any atom is 0.254 e. The van der Waals surface area contributed by atoms with Gasteiger partial charge in [-0.1, -0.05) is 0 Å². The lowest BCUT2D eigenvalue weighted by molar-refractivity contribution is -0.137. The number of piperidine rings is 1. The van der Waals surface area contributed by atoms with Crippen molar-refractivity contribution in [3.8, 4) is 11.5 Å². The summed E-state index contributed by atoms with van der Waals surface area (Å²) >= 11 is 0. The number of ether oxygens (including phenoxy) is 2. The molecular formula is C20H28ClN3O4. The van der Waals surface area contributed by atoms with Crippen LogP contribution in [0.15, 0.2) is 18.2 Å². The molecule has 3 aliphatic heterocycles. The van der Waals surface area contributed by atoms with E-state index >= 15 is 0 Å². The second kappa shape index (κ2) is 8.57. The molecule has 2 amide bonds. The Bertz CT molecular complexity index is 742. The van der Waals surface area contributed by atoms with Crippen molar-refractivity contribution in [3.63, 3.8) is 0 Å². The monoisotopic (exact) mass is 409 g/mol. The van der Waals surface area contributed by atoms with Crippen molar-refractivity contribution in [2.45, 2.75) is 44.7 Å². The summed E-state index contributed by atoms with van der Waals surface area (Å²) in [5, 5.41) is 0. The number of amides is 2. The van der Waals surface area contributed by atoms with Gasteiger partial charge in [-0.15, -0.1) is 12.4 Å². The fraction of sp³-hybridized carbons (Fsp3) is 0.600. The molecule has 3 atom stereocenters. The molecule has 3 heterocycles. The highest BCUT2D eigenvalue weighted by Gasteiger charge is 2.38. The van der Waals surface area contributed by atoms with E-state index in [2.05, 4.69) is 0 Å². The van der Waals surface area contributed by atoms with Crippen LogP contribution in [0, 0.1) is 5.92 Å².